The molecule has 1 atom stereocenters. The van der Waals surface area contributed by atoms with Crippen LogP contribution in [-0.2, 0) is 10.0 Å². The van der Waals surface area contributed by atoms with Crippen LogP contribution in [0.3, 0.4) is 0 Å². The Morgan fingerprint density at radius 2 is 1.91 bits per heavy atom. The van der Waals surface area contributed by atoms with Crippen molar-refractivity contribution in [2.45, 2.75) is 24.8 Å². The molecule has 0 bridgehead atoms. The molecule has 2 rings (SSSR count). The fourth-order valence-corrected chi connectivity index (χ4v) is 3.70. The third kappa shape index (κ3) is 4.25. The summed E-state index contributed by atoms with van der Waals surface area (Å²) < 4.78 is 40.4. The number of likely N-dealkylation sites (N-methyl/N-ethyl adjacent to an activating group) is 1. The van der Waals surface area contributed by atoms with E-state index in [1.807, 2.05) is 6.92 Å². The van der Waals surface area contributed by atoms with Gasteiger partial charge >= 0.3 is 0 Å². The fourth-order valence-electron chi connectivity index (χ4n) is 2.49. The number of hydrogen-bond acceptors (Lipinski definition) is 4. The van der Waals surface area contributed by atoms with Crippen molar-refractivity contribution in [2.75, 3.05) is 39.8 Å². The van der Waals surface area contributed by atoms with E-state index in [9.17, 15) is 12.8 Å². The summed E-state index contributed by atoms with van der Waals surface area (Å²) in [6, 6.07) is 3.97. The Morgan fingerprint density at radius 3 is 2.50 bits per heavy atom. The number of aryl methyl sites for hydroxylation is 1. The van der Waals surface area contributed by atoms with Crippen molar-refractivity contribution in [2.24, 2.45) is 0 Å². The first-order chi connectivity index (χ1) is 10.3. The van der Waals surface area contributed by atoms with Crippen LogP contribution in [0.5, 0.6) is 0 Å². The van der Waals surface area contributed by atoms with Crippen LogP contribution in [0.4, 0.5) is 4.39 Å². The lowest BCUT2D eigenvalue weighted by molar-refractivity contribution is 0.120. The Hall–Kier alpha value is -1.02. The predicted molar refractivity (Wildman–Crippen MR) is 84.9 cm³/mol. The zero-order valence-corrected chi connectivity index (χ0v) is 14.2. The van der Waals surface area contributed by atoms with Crippen molar-refractivity contribution in [3.05, 3.63) is 29.6 Å². The molecule has 124 valence electrons. The third-order valence-electron chi connectivity index (χ3n) is 4.17. The first-order valence-corrected chi connectivity index (χ1v) is 8.96. The molecule has 0 amide bonds. The smallest absolute Gasteiger partial charge is 0.240 e. The summed E-state index contributed by atoms with van der Waals surface area (Å²) in [4.78, 5) is 4.64. The largest absolute Gasteiger partial charge is 0.304 e. The number of piperazine rings is 1. The molecule has 7 heteroatoms. The monoisotopic (exact) mass is 329 g/mol. The third-order valence-corrected chi connectivity index (χ3v) is 5.59. The number of halogens is 1. The topological polar surface area (TPSA) is 52.7 Å². The second-order valence-corrected chi connectivity index (χ2v) is 7.72. The van der Waals surface area contributed by atoms with Crippen LogP contribution in [0.2, 0.25) is 0 Å². The van der Waals surface area contributed by atoms with E-state index in [1.54, 1.807) is 6.92 Å². The zero-order chi connectivity index (χ0) is 16.3. The minimum absolute atomic E-state index is 0.108. The second kappa shape index (κ2) is 7.04. The van der Waals surface area contributed by atoms with E-state index in [0.29, 0.717) is 12.1 Å². The molecule has 1 saturated heterocycles. The van der Waals surface area contributed by atoms with Crippen LogP contribution >= 0.6 is 0 Å². The molecule has 0 saturated carbocycles. The van der Waals surface area contributed by atoms with Crippen LogP contribution in [0, 0.1) is 12.7 Å². The van der Waals surface area contributed by atoms with Crippen molar-refractivity contribution in [3.63, 3.8) is 0 Å². The van der Waals surface area contributed by atoms with Gasteiger partial charge in [0.15, 0.2) is 0 Å². The molecule has 0 aliphatic carbocycles. The van der Waals surface area contributed by atoms with Crippen molar-refractivity contribution >= 4 is 10.0 Å². The highest BCUT2D eigenvalue weighted by Gasteiger charge is 2.21. The molecular weight excluding hydrogens is 305 g/mol. The van der Waals surface area contributed by atoms with E-state index in [1.165, 1.54) is 18.2 Å². The lowest BCUT2D eigenvalue weighted by Crippen LogP contribution is -2.51. The van der Waals surface area contributed by atoms with Crippen LogP contribution in [0.25, 0.3) is 0 Å². The van der Waals surface area contributed by atoms with E-state index in [0.717, 1.165) is 26.2 Å². The van der Waals surface area contributed by atoms with Crippen LogP contribution in [0.15, 0.2) is 23.1 Å². The Labute approximate surface area is 132 Å². The maximum Gasteiger partial charge on any atom is 0.240 e. The summed E-state index contributed by atoms with van der Waals surface area (Å²) in [6.07, 6.45) is 0. The van der Waals surface area contributed by atoms with Crippen molar-refractivity contribution in [1.82, 2.24) is 14.5 Å². The highest BCUT2D eigenvalue weighted by atomic mass is 32.2. The Bertz CT molecular complexity index is 613. The summed E-state index contributed by atoms with van der Waals surface area (Å²) in [5, 5.41) is 0. The predicted octanol–water partition coefficient (Wildman–Crippen LogP) is 1.05. The lowest BCUT2D eigenvalue weighted by Gasteiger charge is -2.36. The highest BCUT2D eigenvalue weighted by Crippen LogP contribution is 2.14. The highest BCUT2D eigenvalue weighted by molar-refractivity contribution is 7.89. The maximum atomic E-state index is 13.2. The summed E-state index contributed by atoms with van der Waals surface area (Å²) >= 11 is 0. The van der Waals surface area contributed by atoms with Crippen LogP contribution in [0.1, 0.15) is 12.5 Å². The molecule has 0 radical (unpaired) electrons. The van der Waals surface area contributed by atoms with E-state index >= 15 is 0 Å². The molecule has 0 spiro atoms. The first-order valence-electron chi connectivity index (χ1n) is 7.48. The quantitative estimate of drug-likeness (QED) is 0.877. The summed E-state index contributed by atoms with van der Waals surface area (Å²) in [6.45, 7) is 7.79. The SMILES string of the molecule is Cc1cc(S(=O)(=O)NC[C@H](C)N2CCN(C)CC2)ccc1F. The molecule has 1 aliphatic rings. The number of nitrogens with zero attached hydrogens (tertiary/aromatic N) is 2. The summed E-state index contributed by atoms with van der Waals surface area (Å²) in [7, 11) is -1.51. The standard InChI is InChI=1S/C15H24FN3O2S/c1-12-10-14(4-5-15(12)16)22(20,21)17-11-13(2)19-8-6-18(3)7-9-19/h4-5,10,13,17H,6-9,11H2,1-3H3/t13-/m0/s1. The van der Waals surface area contributed by atoms with Crippen molar-refractivity contribution < 1.29 is 12.8 Å². The van der Waals surface area contributed by atoms with Gasteiger partial charge in [-0.2, -0.15) is 0 Å². The number of hydrogen-bond donors (Lipinski definition) is 1. The average molecular weight is 329 g/mol. The Balaban J connectivity index is 1.95. The molecule has 1 fully saturated rings. The Morgan fingerprint density at radius 1 is 1.27 bits per heavy atom. The summed E-state index contributed by atoms with van der Waals surface area (Å²) in [5.74, 6) is -0.398. The van der Waals surface area contributed by atoms with Gasteiger partial charge in [0.05, 0.1) is 4.90 Å². The second-order valence-electron chi connectivity index (χ2n) is 5.95. The van der Waals surface area contributed by atoms with Gasteiger partial charge in [-0.05, 0) is 44.7 Å². The fraction of sp³-hybridized carbons (Fsp3) is 0.600. The molecule has 0 unspecified atom stereocenters. The van der Waals surface area contributed by atoms with Crippen LogP contribution < -0.4 is 4.72 Å². The van der Waals surface area contributed by atoms with Gasteiger partial charge < -0.3 is 4.90 Å². The number of rotatable bonds is 5. The number of nitrogens with one attached hydrogen (secondary N) is 1. The molecular formula is C15H24FN3O2S. The van der Waals surface area contributed by atoms with E-state index in [4.69, 9.17) is 0 Å². The molecule has 0 aromatic heterocycles. The zero-order valence-electron chi connectivity index (χ0n) is 13.3. The normalized spacial score (nSPS) is 19.3. The maximum absolute atomic E-state index is 13.2. The number of sulfonamides is 1. The van der Waals surface area contributed by atoms with Gasteiger partial charge in [-0.15, -0.1) is 0 Å². The molecule has 22 heavy (non-hydrogen) atoms. The molecule has 1 aliphatic heterocycles. The van der Waals surface area contributed by atoms with Gasteiger partial charge in [0.2, 0.25) is 10.0 Å². The molecule has 1 aromatic carbocycles. The number of benzene rings is 1. The van der Waals surface area contributed by atoms with Gasteiger partial charge in [-0.3, -0.25) is 4.90 Å². The molecule has 5 nitrogen and oxygen atoms in total. The summed E-state index contributed by atoms with van der Waals surface area (Å²) in [5.41, 5.74) is 0.329. The minimum atomic E-state index is -3.60. The lowest BCUT2D eigenvalue weighted by atomic mass is 10.2. The van der Waals surface area contributed by atoms with Crippen LogP contribution in [-0.4, -0.2) is 64.0 Å². The minimum Gasteiger partial charge on any atom is -0.304 e. The Kier molecular flexibility index (Phi) is 5.55. The molecule has 1 aromatic rings. The van der Waals surface area contributed by atoms with E-state index in [2.05, 4.69) is 21.6 Å². The van der Waals surface area contributed by atoms with Gasteiger partial charge in [0.25, 0.3) is 0 Å². The van der Waals surface area contributed by atoms with Crippen molar-refractivity contribution in [3.8, 4) is 0 Å². The first kappa shape index (κ1) is 17.3. The van der Waals surface area contributed by atoms with E-state index in [-0.39, 0.29) is 10.9 Å². The molecule has 1 heterocycles. The average Bonchev–Trinajstić information content (AvgIpc) is 2.48. The van der Waals surface area contributed by atoms with E-state index < -0.39 is 15.8 Å². The van der Waals surface area contributed by atoms with Gasteiger partial charge in [0, 0.05) is 38.8 Å². The van der Waals surface area contributed by atoms with Gasteiger partial charge in [-0.25, -0.2) is 17.5 Å². The molecule has 1 N–H and O–H groups in total. The van der Waals surface area contributed by atoms with Gasteiger partial charge in [0.1, 0.15) is 5.82 Å². The van der Waals surface area contributed by atoms with Gasteiger partial charge in [-0.1, -0.05) is 0 Å². The van der Waals surface area contributed by atoms with Crippen molar-refractivity contribution in [1.29, 1.82) is 0 Å².